The lowest BCUT2D eigenvalue weighted by molar-refractivity contribution is 0.962. The minimum absolute atomic E-state index is 0. The van der Waals surface area contributed by atoms with Crippen molar-refractivity contribution < 1.29 is 0 Å². The highest BCUT2D eigenvalue weighted by molar-refractivity contribution is 5.85. The molecule has 0 unspecified atom stereocenters. The zero-order valence-electron chi connectivity index (χ0n) is 3.42. The fourth-order valence-corrected chi connectivity index (χ4v) is 0.236. The number of rotatable bonds is 0. The Kier molecular flexibility index (Phi) is 1.84. The summed E-state index contributed by atoms with van der Waals surface area (Å²) in [6.45, 7) is 0. The minimum atomic E-state index is 0. The average Bonchev–Trinajstić information content (AvgIpc) is 1.79. The predicted octanol–water partition coefficient (Wildman–Crippen LogP) is -0.534. The monoisotopic (exact) mass is 108 g/mol. The third-order valence-corrected chi connectivity index (χ3v) is 0.891. The van der Waals surface area contributed by atoms with Crippen LogP contribution in [-0.4, -0.2) is 12.1 Å². The lowest BCUT2D eigenvalue weighted by Gasteiger charge is -1.70. The highest BCUT2D eigenvalue weighted by Gasteiger charge is 2.28. The SMILES string of the molecule is Cl.N[C@@H]1C[C@@H]1N. The molecule has 0 spiro atoms. The summed E-state index contributed by atoms with van der Waals surface area (Å²) in [5.74, 6) is 0. The van der Waals surface area contributed by atoms with Crippen LogP contribution in [0.4, 0.5) is 0 Å². The molecule has 6 heavy (non-hydrogen) atoms. The van der Waals surface area contributed by atoms with Crippen LogP contribution in [0, 0.1) is 0 Å². The minimum Gasteiger partial charge on any atom is -0.326 e. The molecule has 0 saturated heterocycles. The van der Waals surface area contributed by atoms with Crippen LogP contribution in [0.1, 0.15) is 6.42 Å². The molecule has 1 aliphatic carbocycles. The van der Waals surface area contributed by atoms with E-state index in [1.165, 1.54) is 0 Å². The van der Waals surface area contributed by atoms with E-state index in [1.807, 2.05) is 0 Å². The Morgan fingerprint density at radius 1 is 1.17 bits per heavy atom. The van der Waals surface area contributed by atoms with Gasteiger partial charge in [-0.25, -0.2) is 0 Å². The zero-order chi connectivity index (χ0) is 3.86. The summed E-state index contributed by atoms with van der Waals surface area (Å²) < 4.78 is 0. The largest absolute Gasteiger partial charge is 0.326 e. The van der Waals surface area contributed by atoms with Gasteiger partial charge in [0.05, 0.1) is 0 Å². The first-order chi connectivity index (χ1) is 2.30. The van der Waals surface area contributed by atoms with Crippen molar-refractivity contribution in [3.63, 3.8) is 0 Å². The second-order valence-electron chi connectivity index (χ2n) is 1.56. The summed E-state index contributed by atoms with van der Waals surface area (Å²) in [7, 11) is 0. The Morgan fingerprint density at radius 2 is 1.33 bits per heavy atom. The first-order valence-electron chi connectivity index (χ1n) is 1.82. The molecule has 0 aliphatic heterocycles. The fraction of sp³-hybridized carbons (Fsp3) is 1.00. The molecule has 4 N–H and O–H groups in total. The van der Waals surface area contributed by atoms with Crippen LogP contribution in [-0.2, 0) is 0 Å². The maximum absolute atomic E-state index is 5.24. The highest BCUT2D eigenvalue weighted by atomic mass is 35.5. The molecule has 0 bridgehead atoms. The molecular weight excluding hydrogens is 99.5 g/mol. The van der Waals surface area contributed by atoms with Crippen molar-refractivity contribution in [2.45, 2.75) is 18.5 Å². The van der Waals surface area contributed by atoms with E-state index in [0.717, 1.165) is 6.42 Å². The van der Waals surface area contributed by atoms with Crippen molar-refractivity contribution in [2.24, 2.45) is 11.5 Å². The van der Waals surface area contributed by atoms with E-state index in [2.05, 4.69) is 0 Å². The molecule has 1 aliphatic rings. The Bertz CT molecular complexity index is 42.1. The van der Waals surface area contributed by atoms with Gasteiger partial charge < -0.3 is 11.5 Å². The zero-order valence-corrected chi connectivity index (χ0v) is 4.24. The summed E-state index contributed by atoms with van der Waals surface area (Å²) in [6, 6.07) is 0.657. The van der Waals surface area contributed by atoms with E-state index < -0.39 is 0 Å². The second-order valence-corrected chi connectivity index (χ2v) is 1.56. The lowest BCUT2D eigenvalue weighted by atomic mass is 10.7. The van der Waals surface area contributed by atoms with Gasteiger partial charge in [0.25, 0.3) is 0 Å². The average molecular weight is 109 g/mol. The molecule has 0 aromatic rings. The number of hydrogen-bond donors (Lipinski definition) is 2. The molecule has 2 atom stereocenters. The number of halogens is 1. The predicted molar refractivity (Wildman–Crippen MR) is 27.8 cm³/mol. The summed E-state index contributed by atoms with van der Waals surface area (Å²) >= 11 is 0. The van der Waals surface area contributed by atoms with Gasteiger partial charge in [0.15, 0.2) is 0 Å². The summed E-state index contributed by atoms with van der Waals surface area (Å²) in [5.41, 5.74) is 10.5. The molecule has 0 radical (unpaired) electrons. The Balaban J connectivity index is 0.000000250. The van der Waals surface area contributed by atoms with Crippen LogP contribution in [0.2, 0.25) is 0 Å². The fourth-order valence-electron chi connectivity index (χ4n) is 0.236. The molecular formula is C3H9ClN2. The van der Waals surface area contributed by atoms with Gasteiger partial charge in [0.1, 0.15) is 0 Å². The molecule has 38 valence electrons. The summed E-state index contributed by atoms with van der Waals surface area (Å²) in [5, 5.41) is 0. The van der Waals surface area contributed by atoms with Crippen LogP contribution in [0.25, 0.3) is 0 Å². The van der Waals surface area contributed by atoms with Crippen LogP contribution >= 0.6 is 12.4 Å². The number of nitrogens with two attached hydrogens (primary N) is 2. The van der Waals surface area contributed by atoms with Gasteiger partial charge in [-0.3, -0.25) is 0 Å². The molecule has 0 aromatic carbocycles. The molecule has 1 saturated carbocycles. The molecule has 1 fully saturated rings. The van der Waals surface area contributed by atoms with Crippen LogP contribution in [0.3, 0.4) is 0 Å². The maximum Gasteiger partial charge on any atom is 0.0208 e. The van der Waals surface area contributed by atoms with Gasteiger partial charge in [-0.2, -0.15) is 0 Å². The van der Waals surface area contributed by atoms with Gasteiger partial charge in [0, 0.05) is 12.1 Å². The quantitative estimate of drug-likeness (QED) is 0.438. The molecule has 1 rings (SSSR count). The van der Waals surface area contributed by atoms with Gasteiger partial charge in [-0.1, -0.05) is 0 Å². The Labute approximate surface area is 43.3 Å². The van der Waals surface area contributed by atoms with Crippen LogP contribution in [0.15, 0.2) is 0 Å². The first-order valence-corrected chi connectivity index (χ1v) is 1.82. The van der Waals surface area contributed by atoms with Gasteiger partial charge >= 0.3 is 0 Å². The van der Waals surface area contributed by atoms with E-state index in [4.69, 9.17) is 11.5 Å². The van der Waals surface area contributed by atoms with E-state index in [0.29, 0.717) is 12.1 Å². The van der Waals surface area contributed by atoms with Crippen molar-refractivity contribution in [3.8, 4) is 0 Å². The van der Waals surface area contributed by atoms with E-state index in [1.54, 1.807) is 0 Å². The smallest absolute Gasteiger partial charge is 0.0208 e. The number of hydrogen-bond acceptors (Lipinski definition) is 2. The van der Waals surface area contributed by atoms with Crippen molar-refractivity contribution in [1.82, 2.24) is 0 Å². The highest BCUT2D eigenvalue weighted by Crippen LogP contribution is 2.12. The molecule has 0 aromatic heterocycles. The van der Waals surface area contributed by atoms with E-state index in [9.17, 15) is 0 Å². The van der Waals surface area contributed by atoms with Gasteiger partial charge in [-0.05, 0) is 6.42 Å². The standard InChI is InChI=1S/C3H8N2.ClH/c4-2-1-3(2)5;/h2-3H,1,4-5H2;1H/t2-,3+;. The topological polar surface area (TPSA) is 52.0 Å². The van der Waals surface area contributed by atoms with Gasteiger partial charge in [-0.15, -0.1) is 12.4 Å². The Morgan fingerprint density at radius 3 is 1.33 bits per heavy atom. The van der Waals surface area contributed by atoms with E-state index >= 15 is 0 Å². The van der Waals surface area contributed by atoms with Crippen molar-refractivity contribution in [3.05, 3.63) is 0 Å². The van der Waals surface area contributed by atoms with E-state index in [-0.39, 0.29) is 12.4 Å². The maximum atomic E-state index is 5.24. The van der Waals surface area contributed by atoms with Crippen molar-refractivity contribution in [1.29, 1.82) is 0 Å². The molecule has 0 amide bonds. The second kappa shape index (κ2) is 1.78. The Hall–Kier alpha value is 0.210. The van der Waals surface area contributed by atoms with Gasteiger partial charge in [0.2, 0.25) is 0 Å². The molecule has 2 nitrogen and oxygen atoms in total. The van der Waals surface area contributed by atoms with Crippen LogP contribution in [0.5, 0.6) is 0 Å². The first kappa shape index (κ1) is 6.21. The van der Waals surface area contributed by atoms with Crippen molar-refractivity contribution in [2.75, 3.05) is 0 Å². The third kappa shape index (κ3) is 1.12. The lowest BCUT2D eigenvalue weighted by Crippen LogP contribution is -2.12. The molecule has 3 heteroatoms. The van der Waals surface area contributed by atoms with Crippen molar-refractivity contribution >= 4 is 12.4 Å². The summed E-state index contributed by atoms with van der Waals surface area (Å²) in [4.78, 5) is 0. The third-order valence-electron chi connectivity index (χ3n) is 0.891. The summed E-state index contributed by atoms with van der Waals surface area (Å²) in [6.07, 6.45) is 1.03. The van der Waals surface area contributed by atoms with Crippen LogP contribution < -0.4 is 11.5 Å². The normalized spacial score (nSPS) is 41.0. The molecule has 0 heterocycles.